The molecular weight excluding hydrogens is 955 g/mol. The number of ketones is 1. The molecule has 3 rings (SSSR count). The molecule has 0 bridgehead atoms. The summed E-state index contributed by atoms with van der Waals surface area (Å²) in [5, 5.41) is 22.9. The lowest BCUT2D eigenvalue weighted by Gasteiger charge is -2.36. The largest absolute Gasteiger partial charge is 0.497 e. The molecule has 1 aromatic rings. The fraction of sp³-hybridized carbons (Fsp3) is 0.722. The predicted octanol–water partition coefficient (Wildman–Crippen LogP) is 3.93. The lowest BCUT2D eigenvalue weighted by molar-refractivity contribution is -0.163. The quantitative estimate of drug-likeness (QED) is 0.0895. The fourth-order valence-corrected chi connectivity index (χ4v) is 9.24. The highest BCUT2D eigenvalue weighted by Crippen LogP contribution is 2.26. The number of hydrogen-bond acceptors (Lipinski definition) is 13. The van der Waals surface area contributed by atoms with Crippen molar-refractivity contribution in [2.24, 2.45) is 29.6 Å². The topological polar surface area (TPSA) is 259 Å². The Morgan fingerprint density at radius 1 is 0.905 bits per heavy atom. The molecule has 1 aromatic carbocycles. The van der Waals surface area contributed by atoms with Gasteiger partial charge < -0.3 is 55.3 Å². The highest BCUT2D eigenvalue weighted by atomic mass is 16.6. The van der Waals surface area contributed by atoms with Crippen LogP contribution in [0.4, 0.5) is 4.79 Å². The van der Waals surface area contributed by atoms with Crippen LogP contribution in [0.3, 0.4) is 0 Å². The van der Waals surface area contributed by atoms with Gasteiger partial charge in [0.05, 0.1) is 31.6 Å². The first-order chi connectivity index (χ1) is 34.8. The van der Waals surface area contributed by atoms with Gasteiger partial charge in [-0.1, -0.05) is 87.3 Å². The lowest BCUT2D eigenvalue weighted by Crippen LogP contribution is -2.62. The number of carbonyl (C=O) groups excluding carboxylic acids is 9. The molecule has 416 valence electrons. The first kappa shape index (κ1) is 62.5. The van der Waals surface area contributed by atoms with Crippen molar-refractivity contribution in [1.82, 2.24) is 36.0 Å². The Labute approximate surface area is 438 Å². The van der Waals surface area contributed by atoms with E-state index < -0.39 is 132 Å². The SMILES string of the molecule is CCCCNC(=O)N(C)[C@H](CC(C)C)C(=O)N[C@@H]1C(=O)N[C@H]([C@@H](C)CC)[C@@H](O)CC(=O)O[C@@H](C(C)C)C(=O)[C@H](C)C(=O)N[C@@H](CC(C)C)C(=O)N2CCC[C@H]2C(=O)N(C)[C@@H](Cc2ccc(OC)cc2)C(=O)O[C@@H]1C. The molecule has 0 aromatic heterocycles. The van der Waals surface area contributed by atoms with Crippen molar-refractivity contribution in [3.8, 4) is 5.75 Å². The average molecular weight is 1040 g/mol. The summed E-state index contributed by atoms with van der Waals surface area (Å²) in [5.41, 5.74) is 0.600. The minimum absolute atomic E-state index is 0.0935. The number of carbonyl (C=O) groups is 9. The Morgan fingerprint density at radius 3 is 2.12 bits per heavy atom. The Hall–Kier alpha value is -5.79. The summed E-state index contributed by atoms with van der Waals surface area (Å²) in [6.45, 7) is 19.5. The number of nitrogens with zero attached hydrogens (tertiary/aromatic N) is 3. The molecule has 74 heavy (non-hydrogen) atoms. The molecule has 20 heteroatoms. The van der Waals surface area contributed by atoms with Gasteiger partial charge in [0.15, 0.2) is 11.9 Å². The number of Topliss-reactive ketones (excluding diaryl/α,β-unsaturated/α-hetero) is 1. The molecule has 0 aliphatic carbocycles. The van der Waals surface area contributed by atoms with Crippen molar-refractivity contribution in [3.63, 3.8) is 0 Å². The van der Waals surface area contributed by atoms with Gasteiger partial charge in [0, 0.05) is 33.6 Å². The number of urea groups is 1. The number of fused-ring (bicyclic) bond motifs is 1. The smallest absolute Gasteiger partial charge is 0.329 e. The maximum Gasteiger partial charge on any atom is 0.329 e. The summed E-state index contributed by atoms with van der Waals surface area (Å²) < 4.78 is 17.2. The van der Waals surface area contributed by atoms with Crippen molar-refractivity contribution < 1.29 is 62.5 Å². The van der Waals surface area contributed by atoms with Crippen LogP contribution in [0, 0.1) is 29.6 Å². The number of methoxy groups -OCH3 is 1. The normalized spacial score (nSPS) is 26.2. The van der Waals surface area contributed by atoms with Gasteiger partial charge in [-0.2, -0.15) is 0 Å². The Balaban J connectivity index is 2.27. The highest BCUT2D eigenvalue weighted by Gasteiger charge is 2.45. The molecule has 2 saturated heterocycles. The van der Waals surface area contributed by atoms with Crippen LogP contribution in [-0.4, -0.2) is 162 Å². The van der Waals surface area contributed by atoms with Crippen LogP contribution in [0.1, 0.15) is 133 Å². The third kappa shape index (κ3) is 17.4. The predicted molar refractivity (Wildman–Crippen MR) is 277 cm³/mol. The van der Waals surface area contributed by atoms with Crippen molar-refractivity contribution in [2.45, 2.75) is 189 Å². The molecule has 20 nitrogen and oxygen atoms in total. The van der Waals surface area contributed by atoms with Crippen LogP contribution in [0.15, 0.2) is 24.3 Å². The summed E-state index contributed by atoms with van der Waals surface area (Å²) in [5.74, 6) is -8.49. The van der Waals surface area contributed by atoms with E-state index in [2.05, 4.69) is 21.3 Å². The van der Waals surface area contributed by atoms with Crippen LogP contribution in [0.5, 0.6) is 5.75 Å². The maximum absolute atomic E-state index is 14.8. The van der Waals surface area contributed by atoms with Crippen molar-refractivity contribution >= 4 is 53.3 Å². The molecule has 2 heterocycles. The van der Waals surface area contributed by atoms with E-state index in [1.165, 1.54) is 49.8 Å². The first-order valence-corrected chi connectivity index (χ1v) is 26.5. The van der Waals surface area contributed by atoms with Gasteiger partial charge in [-0.3, -0.25) is 33.6 Å². The molecule has 7 amide bonds. The van der Waals surface area contributed by atoms with E-state index in [1.54, 1.807) is 52.0 Å². The van der Waals surface area contributed by atoms with Crippen LogP contribution in [0.2, 0.25) is 0 Å². The molecule has 2 aliphatic heterocycles. The molecule has 11 atom stereocenters. The first-order valence-electron chi connectivity index (χ1n) is 26.5. The van der Waals surface area contributed by atoms with E-state index in [0.717, 1.165) is 6.42 Å². The van der Waals surface area contributed by atoms with Gasteiger partial charge in [-0.25, -0.2) is 9.59 Å². The molecule has 0 radical (unpaired) electrons. The van der Waals surface area contributed by atoms with Crippen LogP contribution in [-0.2, 0) is 54.3 Å². The van der Waals surface area contributed by atoms with Gasteiger partial charge in [0.25, 0.3) is 0 Å². The van der Waals surface area contributed by atoms with Crippen LogP contribution >= 0.6 is 0 Å². The zero-order valence-electron chi connectivity index (χ0n) is 46.4. The Morgan fingerprint density at radius 2 is 1.55 bits per heavy atom. The van der Waals surface area contributed by atoms with Crippen LogP contribution < -0.4 is 26.0 Å². The van der Waals surface area contributed by atoms with Crippen molar-refractivity contribution in [1.29, 1.82) is 0 Å². The molecule has 0 saturated carbocycles. The maximum atomic E-state index is 14.8. The van der Waals surface area contributed by atoms with Gasteiger partial charge in [-0.15, -0.1) is 0 Å². The number of aliphatic hydroxyl groups excluding tert-OH is 1. The van der Waals surface area contributed by atoms with E-state index in [9.17, 15) is 48.3 Å². The summed E-state index contributed by atoms with van der Waals surface area (Å²) in [6.07, 6.45) is -2.40. The number of aliphatic hydroxyl groups is 1. The number of ether oxygens (including phenoxy) is 3. The van der Waals surface area contributed by atoms with Gasteiger partial charge >= 0.3 is 18.0 Å². The monoisotopic (exact) mass is 1040 g/mol. The molecule has 2 aliphatic rings. The number of nitrogens with one attached hydrogen (secondary N) is 4. The van der Waals surface area contributed by atoms with Gasteiger partial charge in [0.1, 0.15) is 42.1 Å². The number of likely N-dealkylation sites (N-methyl/N-ethyl adjacent to an activating group) is 2. The molecule has 2 fully saturated rings. The van der Waals surface area contributed by atoms with E-state index in [-0.39, 0.29) is 44.1 Å². The average Bonchev–Trinajstić information content (AvgIpc) is 3.85. The summed E-state index contributed by atoms with van der Waals surface area (Å²) in [7, 11) is 4.39. The Kier molecular flexibility index (Phi) is 24.8. The second-order valence-electron chi connectivity index (χ2n) is 21.3. The van der Waals surface area contributed by atoms with E-state index in [0.29, 0.717) is 37.1 Å². The van der Waals surface area contributed by atoms with Gasteiger partial charge in [0.2, 0.25) is 29.5 Å². The van der Waals surface area contributed by atoms with Gasteiger partial charge in [-0.05, 0) is 87.3 Å². The second kappa shape index (κ2) is 29.3. The van der Waals surface area contributed by atoms with E-state index in [1.807, 2.05) is 34.6 Å². The summed E-state index contributed by atoms with van der Waals surface area (Å²) in [6, 6.07) is -1.24. The highest BCUT2D eigenvalue weighted by molar-refractivity contribution is 6.05. The summed E-state index contributed by atoms with van der Waals surface area (Å²) in [4.78, 5) is 133. The molecule has 5 N–H and O–H groups in total. The molecule has 0 spiro atoms. The lowest BCUT2D eigenvalue weighted by atomic mass is 9.91. The number of amides is 7. The zero-order chi connectivity index (χ0) is 55.7. The number of rotatable bonds is 16. The number of benzene rings is 1. The second-order valence-corrected chi connectivity index (χ2v) is 21.3. The standard InChI is InChI=1S/C54H87N7O13/c1-15-17-24-55-54(71)60(13)40(27-31(5)6)49(66)58-45-35(11)73-53(70)41(28-36-20-22-37(72-14)23-21-36)59(12)52(69)39-19-18-25-61(39)51(68)38(26-30(3)4)56-48(65)34(10)46(64)47(32(7)8)74-43(63)29-42(62)44(33(9)16-2)57-50(45)67/h20-23,30-35,38-42,44-45,47,62H,15-19,24-29H2,1-14H3,(H,55,71)(H,56,65)(H,57,67)(H,58,66)/t33-,34-,35+,38-,39-,40+,41-,42-,44+,45-,47-/m0/s1. The molecule has 0 unspecified atom stereocenters. The van der Waals surface area contributed by atoms with Crippen molar-refractivity contribution in [2.75, 3.05) is 34.3 Å². The fourth-order valence-electron chi connectivity index (χ4n) is 9.24. The van der Waals surface area contributed by atoms with E-state index >= 15 is 0 Å². The third-order valence-corrected chi connectivity index (χ3v) is 14.1. The Bertz CT molecular complexity index is 2080. The third-order valence-electron chi connectivity index (χ3n) is 14.1. The molecular formula is C54H87N7O13. The minimum Gasteiger partial charge on any atom is -0.497 e. The zero-order valence-corrected chi connectivity index (χ0v) is 46.4. The number of hydrogen-bond donors (Lipinski definition) is 5. The number of esters is 2. The van der Waals surface area contributed by atoms with Crippen molar-refractivity contribution in [3.05, 3.63) is 29.8 Å². The minimum atomic E-state index is -1.68. The summed E-state index contributed by atoms with van der Waals surface area (Å²) >= 11 is 0. The van der Waals surface area contributed by atoms with E-state index in [4.69, 9.17) is 14.2 Å². The van der Waals surface area contributed by atoms with Crippen LogP contribution in [0.25, 0.3) is 0 Å². The number of unbranched alkanes of at least 4 members (excludes halogenated alkanes) is 1. The number of cyclic esters (lactones) is 2.